The summed E-state index contributed by atoms with van der Waals surface area (Å²) in [6, 6.07) is 42.4. The summed E-state index contributed by atoms with van der Waals surface area (Å²) >= 11 is 0. The molecular formula is C42H52NSiZr. The van der Waals surface area contributed by atoms with Gasteiger partial charge in [0.05, 0.1) is 0 Å². The zero-order chi connectivity index (χ0) is 31.4. The zero-order valence-corrected chi connectivity index (χ0v) is 31.5. The fraction of sp³-hybridized carbons (Fsp3) is 0.333. The Morgan fingerprint density at radius 2 is 0.911 bits per heavy atom. The number of hydrogen-bond donors (Lipinski definition) is 0. The predicted molar refractivity (Wildman–Crippen MR) is 196 cm³/mol. The summed E-state index contributed by atoms with van der Waals surface area (Å²) in [5.74, 6) is 0.560. The number of allylic oxidation sites excluding steroid dienone is 4. The molecule has 1 radical (unpaired) electrons. The number of benzene rings is 4. The van der Waals surface area contributed by atoms with Gasteiger partial charge < -0.3 is 5.73 Å². The molecule has 1 saturated carbocycles. The molecular weight excluding hydrogens is 638 g/mol. The molecule has 2 aliphatic rings. The van der Waals surface area contributed by atoms with Crippen LogP contribution in [0.15, 0.2) is 138 Å². The molecule has 0 amide bonds. The van der Waals surface area contributed by atoms with Gasteiger partial charge in [-0.2, -0.15) is 11.1 Å². The quantitative estimate of drug-likeness (QED) is 0.151. The number of hydrogen-bond acceptors (Lipinski definition) is 0. The van der Waals surface area contributed by atoms with E-state index in [1.54, 1.807) is 0 Å². The van der Waals surface area contributed by atoms with E-state index in [0.29, 0.717) is 5.92 Å². The molecule has 0 heterocycles. The van der Waals surface area contributed by atoms with Crippen molar-refractivity contribution in [1.29, 1.82) is 0 Å². The summed E-state index contributed by atoms with van der Waals surface area (Å²) < 4.78 is 0. The van der Waals surface area contributed by atoms with E-state index in [-0.39, 0.29) is 41.8 Å². The Kier molecular flexibility index (Phi) is 19.6. The number of rotatable bonds is 3. The fourth-order valence-corrected chi connectivity index (χ4v) is 6.56. The van der Waals surface area contributed by atoms with Crippen molar-refractivity contribution in [2.75, 3.05) is 0 Å². The fourth-order valence-electron chi connectivity index (χ4n) is 5.35. The molecule has 1 fully saturated rings. The molecule has 1 unspecified atom stereocenters. The maximum absolute atomic E-state index is 7.61. The van der Waals surface area contributed by atoms with Crippen molar-refractivity contribution in [3.8, 4) is 11.1 Å². The van der Waals surface area contributed by atoms with Gasteiger partial charge in [-0.1, -0.05) is 210 Å². The first-order chi connectivity index (χ1) is 21.4. The van der Waals surface area contributed by atoms with Gasteiger partial charge in [0.25, 0.3) is 0 Å². The van der Waals surface area contributed by atoms with Gasteiger partial charge >= 0.3 is 26.2 Å². The van der Waals surface area contributed by atoms with Crippen LogP contribution in [-0.2, 0) is 26.2 Å². The average Bonchev–Trinajstić information content (AvgIpc) is 3.37. The zero-order valence-electron chi connectivity index (χ0n) is 27.9. The molecule has 2 aliphatic carbocycles. The molecule has 45 heavy (non-hydrogen) atoms. The Morgan fingerprint density at radius 1 is 0.556 bits per heavy atom. The molecule has 0 spiro atoms. The molecule has 0 aromatic heterocycles. The van der Waals surface area contributed by atoms with Crippen LogP contribution in [-0.4, -0.2) is 15.6 Å². The maximum atomic E-state index is 7.61. The van der Waals surface area contributed by atoms with Crippen LogP contribution in [0.1, 0.15) is 79.1 Å². The van der Waals surface area contributed by atoms with Crippen LogP contribution in [0.2, 0.25) is 0 Å². The minimum Gasteiger partial charge on any atom is -0.675 e. The Balaban J connectivity index is 0.000000210. The summed E-state index contributed by atoms with van der Waals surface area (Å²) in [6.45, 7) is 8.67. The smallest absolute Gasteiger partial charge is 0.675 e. The predicted octanol–water partition coefficient (Wildman–Crippen LogP) is 10.7. The SMILES string of the molecule is CC1=[C-]C(C)C(C)=C1C.[NH-]C1CCCCCCCC1.[Zr+2].c1ccc(-c2ccccc2)cc1.c1ccc([SiH]c2ccccc2)cc1. The van der Waals surface area contributed by atoms with Gasteiger partial charge in [0, 0.05) is 0 Å². The molecule has 1 nitrogen and oxygen atoms in total. The van der Waals surface area contributed by atoms with Crippen molar-refractivity contribution < 1.29 is 26.2 Å². The molecule has 0 aliphatic heterocycles. The monoisotopic (exact) mass is 688 g/mol. The normalized spacial score (nSPS) is 16.4. The van der Waals surface area contributed by atoms with E-state index in [1.807, 2.05) is 12.1 Å². The average molecular weight is 690 g/mol. The van der Waals surface area contributed by atoms with Gasteiger partial charge in [-0.15, -0.1) is 13.0 Å². The minimum atomic E-state index is 0. The van der Waals surface area contributed by atoms with Crippen LogP contribution in [0, 0.1) is 12.0 Å². The molecule has 1 atom stereocenters. The van der Waals surface area contributed by atoms with Crippen molar-refractivity contribution >= 4 is 19.9 Å². The van der Waals surface area contributed by atoms with Crippen molar-refractivity contribution in [2.45, 2.75) is 85.1 Å². The summed E-state index contributed by atoms with van der Waals surface area (Å²) in [5, 5.41) is 2.90. The van der Waals surface area contributed by atoms with Gasteiger partial charge in [0.1, 0.15) is 9.52 Å². The third kappa shape index (κ3) is 15.5. The Morgan fingerprint density at radius 3 is 1.22 bits per heavy atom. The standard InChI is InChI=1S/C12H11Si.C12H10.C9H18N.C9H13.Zr/c1-3-7-11(8-4-1)13-12-9-5-2-6-10-12;1-3-7-11(8-4-1)12-9-5-2-6-10-12;10-9-7-5-3-1-2-4-6-8-9;1-6-5-7(2)9(4)8(6)3;/h1-10,13H;1-10H;9-10H,1-8H2;6H,1-4H3;/q;;2*-1;+2. The third-order valence-electron chi connectivity index (χ3n) is 8.41. The van der Waals surface area contributed by atoms with Crippen LogP contribution in [0.25, 0.3) is 16.9 Å². The molecule has 0 bridgehead atoms. The van der Waals surface area contributed by atoms with Crippen LogP contribution >= 0.6 is 0 Å². The molecule has 4 aromatic rings. The van der Waals surface area contributed by atoms with Crippen molar-refractivity contribution in [3.63, 3.8) is 0 Å². The topological polar surface area (TPSA) is 23.8 Å². The van der Waals surface area contributed by atoms with Gasteiger partial charge in [0.15, 0.2) is 0 Å². The second kappa shape index (κ2) is 22.8. The summed E-state index contributed by atoms with van der Waals surface area (Å²) in [5.41, 5.74) is 14.4. The van der Waals surface area contributed by atoms with Crippen LogP contribution < -0.4 is 10.4 Å². The first kappa shape index (κ1) is 38.6. The second-order valence-corrected chi connectivity index (χ2v) is 13.5. The number of nitrogens with one attached hydrogen (secondary N) is 1. The third-order valence-corrected chi connectivity index (χ3v) is 9.84. The molecule has 6 rings (SSSR count). The Bertz CT molecular complexity index is 1280. The minimum absolute atomic E-state index is 0. The van der Waals surface area contributed by atoms with Crippen molar-refractivity contribution in [2.24, 2.45) is 5.92 Å². The molecule has 4 aromatic carbocycles. The van der Waals surface area contributed by atoms with Crippen LogP contribution in [0.5, 0.6) is 0 Å². The van der Waals surface area contributed by atoms with Gasteiger partial charge in [-0.3, -0.25) is 6.08 Å². The van der Waals surface area contributed by atoms with E-state index < -0.39 is 0 Å². The van der Waals surface area contributed by atoms with E-state index in [1.165, 1.54) is 76.7 Å². The van der Waals surface area contributed by atoms with Crippen molar-refractivity contribution in [1.82, 2.24) is 0 Å². The van der Waals surface area contributed by atoms with Gasteiger partial charge in [-0.25, -0.2) is 5.57 Å². The Labute approximate surface area is 296 Å². The van der Waals surface area contributed by atoms with E-state index >= 15 is 0 Å². The molecule has 3 heteroatoms. The maximum Gasteiger partial charge on any atom is 2.00 e. The van der Waals surface area contributed by atoms with E-state index in [2.05, 4.69) is 143 Å². The van der Waals surface area contributed by atoms with Gasteiger partial charge in [0.2, 0.25) is 0 Å². The van der Waals surface area contributed by atoms with Crippen LogP contribution in [0.4, 0.5) is 0 Å². The largest absolute Gasteiger partial charge is 2.00 e. The van der Waals surface area contributed by atoms with E-state index in [9.17, 15) is 0 Å². The molecule has 0 saturated heterocycles. The Hall–Kier alpha value is -2.58. The van der Waals surface area contributed by atoms with Gasteiger partial charge in [-0.05, 0) is 11.1 Å². The second-order valence-electron chi connectivity index (χ2n) is 11.9. The summed E-state index contributed by atoms with van der Waals surface area (Å²) in [4.78, 5) is 0. The van der Waals surface area contributed by atoms with E-state index in [0.717, 1.165) is 12.8 Å². The summed E-state index contributed by atoms with van der Waals surface area (Å²) in [6.07, 6.45) is 13.8. The van der Waals surface area contributed by atoms with E-state index in [4.69, 9.17) is 5.73 Å². The summed E-state index contributed by atoms with van der Waals surface area (Å²) in [7, 11) is 0.271. The van der Waals surface area contributed by atoms with Crippen LogP contribution in [0.3, 0.4) is 0 Å². The first-order valence-electron chi connectivity index (χ1n) is 16.5. The molecule has 1 N–H and O–H groups in total. The molecule has 233 valence electrons. The van der Waals surface area contributed by atoms with Crippen molar-refractivity contribution in [3.05, 3.63) is 150 Å². The first-order valence-corrected chi connectivity index (χ1v) is 17.6.